The lowest BCUT2D eigenvalue weighted by atomic mass is 10.2. The van der Waals surface area contributed by atoms with Gasteiger partial charge in [0.15, 0.2) is 0 Å². The van der Waals surface area contributed by atoms with Crippen molar-refractivity contribution in [3.63, 3.8) is 0 Å². The molecule has 0 N–H and O–H groups in total. The fraction of sp³-hybridized carbons (Fsp3) is 0.300. The van der Waals surface area contributed by atoms with E-state index in [9.17, 15) is 18.0 Å². The molecule has 0 saturated heterocycles. The summed E-state index contributed by atoms with van der Waals surface area (Å²) in [6.45, 7) is -1.59. The van der Waals surface area contributed by atoms with Gasteiger partial charge in [0.1, 0.15) is 17.1 Å². The van der Waals surface area contributed by atoms with Crippen LogP contribution in [0, 0.1) is 5.82 Å². The summed E-state index contributed by atoms with van der Waals surface area (Å²) in [7, 11) is 0. The van der Waals surface area contributed by atoms with Crippen molar-refractivity contribution in [3.8, 4) is 5.75 Å². The number of esters is 1. The number of alkyl halides is 2. The van der Waals surface area contributed by atoms with Gasteiger partial charge in [-0.1, -0.05) is 6.07 Å². The van der Waals surface area contributed by atoms with Gasteiger partial charge in [-0.15, -0.1) is 0 Å². The molecule has 0 unspecified atom stereocenters. The van der Waals surface area contributed by atoms with Gasteiger partial charge in [0, 0.05) is 0 Å². The number of carbonyl (C=O) groups is 1. The molecule has 1 aromatic carbocycles. The molecule has 0 aromatic heterocycles. The largest absolute Gasteiger partial charge is 0.462 e. The number of carbonyl (C=O) groups excluding carboxylic acids is 1. The molecular formula is C10H9F3O3. The zero-order valence-corrected chi connectivity index (χ0v) is 8.38. The Labute approximate surface area is 89.8 Å². The van der Waals surface area contributed by atoms with Gasteiger partial charge in [0.2, 0.25) is 0 Å². The molecule has 0 aliphatic heterocycles. The summed E-state index contributed by atoms with van der Waals surface area (Å²) < 4.78 is 45.8. The molecule has 0 aliphatic carbocycles. The Kier molecular flexibility index (Phi) is 4.16. The minimum Gasteiger partial charge on any atom is -0.462 e. The highest BCUT2D eigenvalue weighted by molar-refractivity contribution is 5.92. The standard InChI is InChI=1S/C10H9F3O3/c1-2-15-9(14)8-6(11)4-3-5-7(8)16-10(12)13/h3-5,10H,2H2,1H3. The van der Waals surface area contributed by atoms with Crippen molar-refractivity contribution in [3.05, 3.63) is 29.6 Å². The molecule has 88 valence electrons. The number of benzene rings is 1. The molecule has 0 saturated carbocycles. The number of hydrogen-bond acceptors (Lipinski definition) is 3. The highest BCUT2D eigenvalue weighted by Gasteiger charge is 2.21. The minimum atomic E-state index is -3.13. The van der Waals surface area contributed by atoms with Crippen LogP contribution in [0.4, 0.5) is 13.2 Å². The lowest BCUT2D eigenvalue weighted by Gasteiger charge is -2.10. The van der Waals surface area contributed by atoms with Crippen LogP contribution in [-0.4, -0.2) is 19.2 Å². The van der Waals surface area contributed by atoms with Crippen molar-refractivity contribution in [2.45, 2.75) is 13.5 Å². The third kappa shape index (κ3) is 2.88. The Bertz CT molecular complexity index is 380. The van der Waals surface area contributed by atoms with E-state index in [1.807, 2.05) is 0 Å². The fourth-order valence-electron chi connectivity index (χ4n) is 1.10. The summed E-state index contributed by atoms with van der Waals surface area (Å²) in [6.07, 6.45) is 0. The van der Waals surface area contributed by atoms with E-state index >= 15 is 0 Å². The predicted molar refractivity (Wildman–Crippen MR) is 49.0 cm³/mol. The molecule has 1 aromatic rings. The summed E-state index contributed by atoms with van der Waals surface area (Å²) in [5.74, 6) is -2.53. The van der Waals surface area contributed by atoms with E-state index in [0.29, 0.717) is 0 Å². The lowest BCUT2D eigenvalue weighted by Crippen LogP contribution is -2.12. The van der Waals surface area contributed by atoms with E-state index < -0.39 is 29.7 Å². The van der Waals surface area contributed by atoms with Crippen molar-refractivity contribution >= 4 is 5.97 Å². The topological polar surface area (TPSA) is 35.5 Å². The van der Waals surface area contributed by atoms with Crippen LogP contribution in [0.3, 0.4) is 0 Å². The van der Waals surface area contributed by atoms with Gasteiger partial charge >= 0.3 is 12.6 Å². The predicted octanol–water partition coefficient (Wildman–Crippen LogP) is 2.60. The molecule has 6 heteroatoms. The van der Waals surface area contributed by atoms with Crippen LogP contribution in [-0.2, 0) is 4.74 Å². The summed E-state index contributed by atoms with van der Waals surface area (Å²) in [6, 6.07) is 3.20. The smallest absolute Gasteiger partial charge is 0.387 e. The van der Waals surface area contributed by atoms with E-state index in [4.69, 9.17) is 0 Å². The lowest BCUT2D eigenvalue weighted by molar-refractivity contribution is -0.0506. The van der Waals surface area contributed by atoms with Gasteiger partial charge in [-0.3, -0.25) is 0 Å². The Balaban J connectivity index is 3.07. The molecule has 3 nitrogen and oxygen atoms in total. The number of hydrogen-bond donors (Lipinski definition) is 0. The zero-order valence-electron chi connectivity index (χ0n) is 8.38. The molecule has 0 atom stereocenters. The Morgan fingerprint density at radius 3 is 2.69 bits per heavy atom. The first-order valence-electron chi connectivity index (χ1n) is 4.46. The maximum Gasteiger partial charge on any atom is 0.387 e. The second-order valence-corrected chi connectivity index (χ2v) is 2.71. The molecular weight excluding hydrogens is 225 g/mol. The van der Waals surface area contributed by atoms with Crippen LogP contribution in [0.2, 0.25) is 0 Å². The molecule has 1 rings (SSSR count). The van der Waals surface area contributed by atoms with Crippen LogP contribution in [0.15, 0.2) is 18.2 Å². The van der Waals surface area contributed by atoms with E-state index in [1.54, 1.807) is 0 Å². The van der Waals surface area contributed by atoms with Gasteiger partial charge < -0.3 is 9.47 Å². The molecule has 0 fully saturated rings. The van der Waals surface area contributed by atoms with Crippen LogP contribution < -0.4 is 4.74 Å². The maximum absolute atomic E-state index is 13.2. The Morgan fingerprint density at radius 1 is 1.44 bits per heavy atom. The Morgan fingerprint density at radius 2 is 2.12 bits per heavy atom. The van der Waals surface area contributed by atoms with E-state index in [0.717, 1.165) is 18.2 Å². The van der Waals surface area contributed by atoms with Crippen LogP contribution in [0.25, 0.3) is 0 Å². The van der Waals surface area contributed by atoms with Crippen LogP contribution >= 0.6 is 0 Å². The Hall–Kier alpha value is -1.72. The summed E-state index contributed by atoms with van der Waals surface area (Å²) in [4.78, 5) is 11.3. The second-order valence-electron chi connectivity index (χ2n) is 2.71. The molecule has 0 radical (unpaired) electrons. The highest BCUT2D eigenvalue weighted by atomic mass is 19.3. The normalized spacial score (nSPS) is 10.3. The van der Waals surface area contributed by atoms with Crippen molar-refractivity contribution in [1.29, 1.82) is 0 Å². The third-order valence-electron chi connectivity index (χ3n) is 1.67. The molecule has 0 aliphatic rings. The monoisotopic (exact) mass is 234 g/mol. The molecule has 0 spiro atoms. The summed E-state index contributed by atoms with van der Waals surface area (Å²) in [5, 5.41) is 0. The minimum absolute atomic E-state index is 0.0152. The quantitative estimate of drug-likeness (QED) is 0.751. The first-order valence-corrected chi connectivity index (χ1v) is 4.46. The number of rotatable bonds is 4. The summed E-state index contributed by atoms with van der Waals surface area (Å²) in [5.41, 5.74) is -0.621. The maximum atomic E-state index is 13.2. The average molecular weight is 234 g/mol. The first kappa shape index (κ1) is 12.4. The molecule has 0 amide bonds. The van der Waals surface area contributed by atoms with Gasteiger partial charge in [0.05, 0.1) is 6.61 Å². The van der Waals surface area contributed by atoms with Gasteiger partial charge in [-0.05, 0) is 19.1 Å². The molecule has 0 heterocycles. The van der Waals surface area contributed by atoms with E-state index in [-0.39, 0.29) is 6.61 Å². The average Bonchev–Trinajstić information content (AvgIpc) is 2.16. The van der Waals surface area contributed by atoms with Crippen molar-refractivity contribution in [1.82, 2.24) is 0 Å². The van der Waals surface area contributed by atoms with Crippen LogP contribution in [0.5, 0.6) is 5.75 Å². The van der Waals surface area contributed by atoms with Crippen molar-refractivity contribution in [2.24, 2.45) is 0 Å². The van der Waals surface area contributed by atoms with E-state index in [1.165, 1.54) is 6.92 Å². The number of halogens is 3. The van der Waals surface area contributed by atoms with Crippen LogP contribution in [0.1, 0.15) is 17.3 Å². The van der Waals surface area contributed by atoms with E-state index in [2.05, 4.69) is 9.47 Å². The highest BCUT2D eigenvalue weighted by Crippen LogP contribution is 2.24. The second kappa shape index (κ2) is 5.39. The van der Waals surface area contributed by atoms with Gasteiger partial charge in [-0.25, -0.2) is 9.18 Å². The van der Waals surface area contributed by atoms with Crippen molar-refractivity contribution in [2.75, 3.05) is 6.61 Å². The van der Waals surface area contributed by atoms with Gasteiger partial charge in [-0.2, -0.15) is 8.78 Å². The van der Waals surface area contributed by atoms with Crippen molar-refractivity contribution < 1.29 is 27.4 Å². The first-order chi connectivity index (χ1) is 7.56. The van der Waals surface area contributed by atoms with Gasteiger partial charge in [0.25, 0.3) is 0 Å². The third-order valence-corrected chi connectivity index (χ3v) is 1.67. The zero-order chi connectivity index (χ0) is 12.1. The SMILES string of the molecule is CCOC(=O)c1c(F)cccc1OC(F)F. The number of ether oxygens (including phenoxy) is 2. The molecule has 0 bridgehead atoms. The summed E-state index contributed by atoms with van der Waals surface area (Å²) >= 11 is 0. The molecule has 16 heavy (non-hydrogen) atoms. The fourth-order valence-corrected chi connectivity index (χ4v) is 1.10.